The molecule has 0 spiro atoms. The van der Waals surface area contributed by atoms with Crippen LogP contribution in [-0.4, -0.2) is 0 Å². The third-order valence-electron chi connectivity index (χ3n) is 4.99. The van der Waals surface area contributed by atoms with Crippen molar-refractivity contribution >= 4 is 28.9 Å². The fourth-order valence-corrected chi connectivity index (χ4v) is 7.91. The van der Waals surface area contributed by atoms with Crippen molar-refractivity contribution in [3.63, 3.8) is 0 Å². The maximum atomic E-state index is 5.93. The number of rotatable bonds is 5. The van der Waals surface area contributed by atoms with Gasteiger partial charge in [0.25, 0.3) is 0 Å². The predicted molar refractivity (Wildman–Crippen MR) is 120 cm³/mol. The molecular formula is C25H23NP+. The van der Waals surface area contributed by atoms with Gasteiger partial charge in [-0.2, -0.15) is 0 Å². The van der Waals surface area contributed by atoms with Crippen molar-refractivity contribution < 1.29 is 0 Å². The van der Waals surface area contributed by atoms with E-state index < -0.39 is 7.26 Å². The summed E-state index contributed by atoms with van der Waals surface area (Å²) in [5.74, 6) is 0. The Morgan fingerprint density at radius 2 is 0.852 bits per heavy atom. The van der Waals surface area contributed by atoms with Crippen LogP contribution in [0.3, 0.4) is 0 Å². The fourth-order valence-electron chi connectivity index (χ4n) is 3.67. The van der Waals surface area contributed by atoms with Crippen LogP contribution < -0.4 is 21.6 Å². The highest BCUT2D eigenvalue weighted by Gasteiger charge is 2.45. The summed E-state index contributed by atoms with van der Waals surface area (Å²) < 4.78 is 0. The van der Waals surface area contributed by atoms with Gasteiger partial charge in [0.15, 0.2) is 0 Å². The first kappa shape index (κ1) is 17.5. The molecule has 1 nitrogen and oxygen atoms in total. The predicted octanol–water partition coefficient (Wildman–Crippen LogP) is 4.76. The maximum Gasteiger partial charge on any atom is 0.116 e. The van der Waals surface area contributed by atoms with E-state index in [2.05, 4.69) is 103 Å². The summed E-state index contributed by atoms with van der Waals surface area (Å²) in [6.07, 6.45) is 0.977. The Kier molecular flexibility index (Phi) is 5.05. The minimum Gasteiger partial charge on any atom is -0.399 e. The van der Waals surface area contributed by atoms with Gasteiger partial charge in [-0.25, -0.2) is 0 Å². The number of nitrogens with two attached hydrogens (primary N) is 1. The summed E-state index contributed by atoms with van der Waals surface area (Å²) in [5, 5.41) is 4.21. The molecule has 0 bridgehead atoms. The van der Waals surface area contributed by atoms with E-state index in [1.165, 1.54) is 21.5 Å². The van der Waals surface area contributed by atoms with Crippen LogP contribution >= 0.6 is 7.26 Å². The van der Waals surface area contributed by atoms with Gasteiger partial charge >= 0.3 is 0 Å². The van der Waals surface area contributed by atoms with E-state index in [9.17, 15) is 0 Å². The summed E-state index contributed by atoms with van der Waals surface area (Å²) >= 11 is 0. The smallest absolute Gasteiger partial charge is 0.116 e. The zero-order valence-electron chi connectivity index (χ0n) is 15.2. The first-order valence-electron chi connectivity index (χ1n) is 9.18. The zero-order chi connectivity index (χ0) is 18.5. The second-order valence-corrected chi connectivity index (χ2v) is 10.2. The van der Waals surface area contributed by atoms with Crippen molar-refractivity contribution in [3.05, 3.63) is 121 Å². The van der Waals surface area contributed by atoms with E-state index in [1.54, 1.807) is 0 Å². The molecule has 0 heterocycles. The largest absolute Gasteiger partial charge is 0.399 e. The average Bonchev–Trinajstić information content (AvgIpc) is 2.75. The summed E-state index contributed by atoms with van der Waals surface area (Å²) in [7, 11) is -1.83. The van der Waals surface area contributed by atoms with Gasteiger partial charge < -0.3 is 5.73 Å². The molecule has 0 fully saturated rings. The van der Waals surface area contributed by atoms with E-state index in [-0.39, 0.29) is 0 Å². The molecule has 0 radical (unpaired) electrons. The topological polar surface area (TPSA) is 26.0 Å². The van der Waals surface area contributed by atoms with Crippen molar-refractivity contribution in [1.82, 2.24) is 0 Å². The Morgan fingerprint density at radius 1 is 0.481 bits per heavy atom. The lowest BCUT2D eigenvalue weighted by Crippen LogP contribution is -2.32. The van der Waals surface area contributed by atoms with E-state index in [0.29, 0.717) is 0 Å². The highest BCUT2D eigenvalue weighted by atomic mass is 31.2. The minimum absolute atomic E-state index is 0.807. The highest BCUT2D eigenvalue weighted by Crippen LogP contribution is 2.58. The lowest BCUT2D eigenvalue weighted by molar-refractivity contribution is 1.39. The number of hydrogen-bond donors (Lipinski definition) is 1. The second-order valence-electron chi connectivity index (χ2n) is 6.72. The summed E-state index contributed by atoms with van der Waals surface area (Å²) in [5.41, 5.74) is 8.05. The molecule has 4 aromatic carbocycles. The van der Waals surface area contributed by atoms with Crippen LogP contribution in [0.4, 0.5) is 5.69 Å². The van der Waals surface area contributed by atoms with Gasteiger partial charge in [0.2, 0.25) is 0 Å². The molecule has 4 rings (SSSR count). The summed E-state index contributed by atoms with van der Waals surface area (Å²) in [4.78, 5) is 0. The highest BCUT2D eigenvalue weighted by molar-refractivity contribution is 7.95. The fraction of sp³-hybridized carbons (Fsp3) is 0.0400. The Hall–Kier alpha value is -2.89. The Morgan fingerprint density at radius 3 is 1.22 bits per heavy atom. The quantitative estimate of drug-likeness (QED) is 0.399. The van der Waals surface area contributed by atoms with Crippen LogP contribution in [0.2, 0.25) is 0 Å². The van der Waals surface area contributed by atoms with Gasteiger partial charge in [-0.15, -0.1) is 0 Å². The van der Waals surface area contributed by atoms with Crippen molar-refractivity contribution in [2.24, 2.45) is 0 Å². The minimum atomic E-state index is -1.83. The van der Waals surface area contributed by atoms with Crippen molar-refractivity contribution in [3.8, 4) is 0 Å². The molecule has 4 aromatic rings. The van der Waals surface area contributed by atoms with E-state index in [1.807, 2.05) is 12.1 Å². The molecule has 2 N–H and O–H groups in total. The first-order valence-corrected chi connectivity index (χ1v) is 11.2. The number of hydrogen-bond acceptors (Lipinski definition) is 1. The zero-order valence-corrected chi connectivity index (χ0v) is 16.1. The van der Waals surface area contributed by atoms with E-state index >= 15 is 0 Å². The van der Waals surface area contributed by atoms with Crippen molar-refractivity contribution in [2.45, 2.75) is 6.16 Å². The number of nitrogen functional groups attached to an aromatic ring is 1. The van der Waals surface area contributed by atoms with Gasteiger partial charge in [-0.05, 0) is 54.1 Å². The van der Waals surface area contributed by atoms with Crippen LogP contribution in [0.25, 0.3) is 0 Å². The molecular weight excluding hydrogens is 345 g/mol. The molecule has 0 saturated heterocycles. The molecule has 27 heavy (non-hydrogen) atoms. The lowest BCUT2D eigenvalue weighted by atomic mass is 10.2. The van der Waals surface area contributed by atoms with Crippen LogP contribution in [0.1, 0.15) is 5.56 Å². The molecule has 0 unspecified atom stereocenters. The van der Waals surface area contributed by atoms with Gasteiger partial charge in [0.1, 0.15) is 23.2 Å². The molecule has 0 aromatic heterocycles. The normalized spacial score (nSPS) is 11.3. The van der Waals surface area contributed by atoms with Crippen LogP contribution in [0, 0.1) is 0 Å². The molecule has 0 aliphatic rings. The molecule has 132 valence electrons. The number of anilines is 1. The van der Waals surface area contributed by atoms with Crippen molar-refractivity contribution in [2.75, 3.05) is 5.73 Å². The third kappa shape index (κ3) is 3.52. The molecule has 0 amide bonds. The Labute approximate surface area is 161 Å². The first-order chi connectivity index (χ1) is 13.3. The van der Waals surface area contributed by atoms with Gasteiger partial charge in [-0.1, -0.05) is 66.7 Å². The molecule has 0 aliphatic carbocycles. The molecule has 0 aliphatic heterocycles. The maximum absolute atomic E-state index is 5.93. The van der Waals surface area contributed by atoms with E-state index in [0.717, 1.165) is 11.8 Å². The molecule has 2 heteroatoms. The average molecular weight is 368 g/mol. The summed E-state index contributed by atoms with van der Waals surface area (Å²) in [6.45, 7) is 0. The van der Waals surface area contributed by atoms with Crippen molar-refractivity contribution in [1.29, 1.82) is 0 Å². The molecule has 0 saturated carbocycles. The monoisotopic (exact) mass is 368 g/mol. The van der Waals surface area contributed by atoms with Crippen LogP contribution in [-0.2, 0) is 6.16 Å². The second kappa shape index (κ2) is 7.78. The van der Waals surface area contributed by atoms with Crippen LogP contribution in [0.5, 0.6) is 0 Å². The van der Waals surface area contributed by atoms with E-state index in [4.69, 9.17) is 5.73 Å². The molecule has 0 atom stereocenters. The van der Waals surface area contributed by atoms with Gasteiger partial charge in [0, 0.05) is 5.69 Å². The van der Waals surface area contributed by atoms with Gasteiger partial charge in [-0.3, -0.25) is 0 Å². The number of benzene rings is 4. The SMILES string of the molecule is Nc1ccc(C[P+](c2ccccc2)(c2ccccc2)c2ccccc2)cc1. The van der Waals surface area contributed by atoms with Gasteiger partial charge in [0.05, 0.1) is 6.16 Å². The standard InChI is InChI=1S/C25H23NP/c26-22-18-16-21(17-19-22)20-27(23-10-4-1-5-11-23,24-12-6-2-7-13-24)25-14-8-3-9-15-25/h1-19H,20,26H2/q+1. The third-order valence-corrected chi connectivity index (χ3v) is 9.37. The lowest BCUT2D eigenvalue weighted by Gasteiger charge is -2.27. The Balaban J connectivity index is 1.98. The van der Waals surface area contributed by atoms with Crippen LogP contribution in [0.15, 0.2) is 115 Å². The Bertz CT molecular complexity index is 884. The summed E-state index contributed by atoms with van der Waals surface area (Å²) in [6, 6.07) is 41.2.